The lowest BCUT2D eigenvalue weighted by Crippen LogP contribution is -2.45. The van der Waals surface area contributed by atoms with Crippen molar-refractivity contribution in [1.82, 2.24) is 10.2 Å². The van der Waals surface area contributed by atoms with E-state index in [-0.39, 0.29) is 12.3 Å². The summed E-state index contributed by atoms with van der Waals surface area (Å²) in [5.41, 5.74) is -0.172. The molecule has 6 nitrogen and oxygen atoms in total. The average molecular weight is 450 g/mol. The van der Waals surface area contributed by atoms with Crippen LogP contribution in [0.25, 0.3) is 0 Å². The molecule has 33 heavy (non-hydrogen) atoms. The molecule has 1 fully saturated rings. The van der Waals surface area contributed by atoms with Gasteiger partial charge in [0.15, 0.2) is 11.3 Å². The highest BCUT2D eigenvalue weighted by atomic mass is 19.1. The summed E-state index contributed by atoms with van der Waals surface area (Å²) in [4.78, 5) is 39.6. The minimum atomic E-state index is -1.68. The van der Waals surface area contributed by atoms with Crippen molar-refractivity contribution in [2.75, 3.05) is 7.11 Å². The van der Waals surface area contributed by atoms with Crippen LogP contribution < -0.4 is 10.1 Å². The standard InChI is InChI=1S/C25H20F2N2O4/c1-15(30)16-3-12-22(33-2)17(13-16)14-29-23(31)25(28-24(29)32,18-4-8-20(26)9-5-18)19-6-10-21(27)11-7-19/h3-13H,14H2,1-2H3,(H,28,32). The molecule has 0 aromatic heterocycles. The zero-order chi connectivity index (χ0) is 23.8. The number of ether oxygens (including phenoxy) is 1. The fourth-order valence-electron chi connectivity index (χ4n) is 3.97. The zero-order valence-electron chi connectivity index (χ0n) is 17.9. The highest BCUT2D eigenvalue weighted by Crippen LogP contribution is 2.37. The minimum absolute atomic E-state index is 0.168. The lowest BCUT2D eigenvalue weighted by atomic mass is 9.82. The normalized spacial score (nSPS) is 14.8. The Labute approximate surface area is 188 Å². The molecule has 0 bridgehead atoms. The maximum absolute atomic E-state index is 13.8. The Morgan fingerprint density at radius 1 is 0.939 bits per heavy atom. The second-order valence-corrected chi connectivity index (χ2v) is 7.67. The first-order valence-electron chi connectivity index (χ1n) is 10.1. The van der Waals surface area contributed by atoms with Crippen LogP contribution >= 0.6 is 0 Å². The van der Waals surface area contributed by atoms with Crippen LogP contribution in [0.2, 0.25) is 0 Å². The molecule has 8 heteroatoms. The predicted octanol–water partition coefficient (Wildman–Crippen LogP) is 4.17. The summed E-state index contributed by atoms with van der Waals surface area (Å²) in [6, 6.07) is 14.4. The molecule has 0 radical (unpaired) electrons. The molecule has 1 N–H and O–H groups in total. The van der Waals surface area contributed by atoms with Gasteiger partial charge in [0.25, 0.3) is 5.91 Å². The van der Waals surface area contributed by atoms with Crippen molar-refractivity contribution in [3.8, 4) is 5.75 Å². The van der Waals surface area contributed by atoms with E-state index in [0.29, 0.717) is 28.0 Å². The summed E-state index contributed by atoms with van der Waals surface area (Å²) in [6.07, 6.45) is 0. The number of methoxy groups -OCH3 is 1. The molecule has 1 heterocycles. The molecule has 0 unspecified atom stereocenters. The van der Waals surface area contributed by atoms with Gasteiger partial charge in [0.05, 0.1) is 13.7 Å². The topological polar surface area (TPSA) is 75.7 Å². The molecule has 3 amide bonds. The minimum Gasteiger partial charge on any atom is -0.496 e. The Morgan fingerprint density at radius 2 is 1.48 bits per heavy atom. The van der Waals surface area contributed by atoms with Crippen LogP contribution in [-0.2, 0) is 16.9 Å². The van der Waals surface area contributed by atoms with Gasteiger partial charge < -0.3 is 10.1 Å². The van der Waals surface area contributed by atoms with E-state index in [1.54, 1.807) is 18.2 Å². The summed E-state index contributed by atoms with van der Waals surface area (Å²) >= 11 is 0. The van der Waals surface area contributed by atoms with Crippen LogP contribution in [-0.4, -0.2) is 29.7 Å². The van der Waals surface area contributed by atoms with Crippen molar-refractivity contribution >= 4 is 17.7 Å². The molecular formula is C25H20F2N2O4. The summed E-state index contributed by atoms with van der Waals surface area (Å²) < 4.78 is 32.6. The average Bonchev–Trinajstić information content (AvgIpc) is 3.05. The van der Waals surface area contributed by atoms with E-state index in [0.717, 1.165) is 4.90 Å². The molecule has 4 rings (SSSR count). The van der Waals surface area contributed by atoms with Crippen LogP contribution in [0.3, 0.4) is 0 Å². The van der Waals surface area contributed by atoms with E-state index >= 15 is 0 Å². The van der Waals surface area contributed by atoms with Crippen LogP contribution in [0.4, 0.5) is 13.6 Å². The van der Waals surface area contributed by atoms with E-state index in [9.17, 15) is 23.2 Å². The van der Waals surface area contributed by atoms with E-state index in [2.05, 4.69) is 5.32 Å². The number of hydrogen-bond acceptors (Lipinski definition) is 4. The van der Waals surface area contributed by atoms with Gasteiger partial charge in [0, 0.05) is 11.1 Å². The number of ketones is 1. The molecule has 168 valence electrons. The molecule has 0 saturated carbocycles. The number of carbonyl (C=O) groups excluding carboxylic acids is 3. The van der Waals surface area contributed by atoms with Crippen LogP contribution in [0, 0.1) is 11.6 Å². The first-order chi connectivity index (χ1) is 15.8. The van der Waals surface area contributed by atoms with Gasteiger partial charge in [-0.2, -0.15) is 0 Å². The van der Waals surface area contributed by atoms with Gasteiger partial charge >= 0.3 is 6.03 Å². The van der Waals surface area contributed by atoms with Crippen LogP contribution in [0.1, 0.15) is 34.0 Å². The number of amides is 3. The molecular weight excluding hydrogens is 430 g/mol. The van der Waals surface area contributed by atoms with Gasteiger partial charge in [-0.25, -0.2) is 13.6 Å². The zero-order valence-corrected chi connectivity index (χ0v) is 17.9. The monoisotopic (exact) mass is 450 g/mol. The van der Waals surface area contributed by atoms with E-state index in [1.807, 2.05) is 0 Å². The Bertz CT molecular complexity index is 1190. The molecule has 1 aliphatic rings. The predicted molar refractivity (Wildman–Crippen MR) is 116 cm³/mol. The third-order valence-corrected chi connectivity index (χ3v) is 5.68. The molecule has 1 aliphatic heterocycles. The van der Waals surface area contributed by atoms with Gasteiger partial charge in [-0.05, 0) is 60.5 Å². The van der Waals surface area contributed by atoms with Gasteiger partial charge in [-0.3, -0.25) is 14.5 Å². The molecule has 3 aromatic carbocycles. The number of halogens is 2. The van der Waals surface area contributed by atoms with Gasteiger partial charge in [0.2, 0.25) is 0 Å². The number of imide groups is 1. The van der Waals surface area contributed by atoms with Crippen LogP contribution in [0.5, 0.6) is 5.75 Å². The highest BCUT2D eigenvalue weighted by Gasteiger charge is 2.53. The summed E-state index contributed by atoms with van der Waals surface area (Å²) in [5, 5.41) is 2.72. The van der Waals surface area contributed by atoms with Crippen molar-refractivity contribution in [1.29, 1.82) is 0 Å². The summed E-state index contributed by atoms with van der Waals surface area (Å²) in [7, 11) is 1.44. The Kier molecular flexibility index (Phi) is 5.68. The molecule has 3 aromatic rings. The maximum atomic E-state index is 13.8. The second-order valence-electron chi connectivity index (χ2n) is 7.67. The number of Topliss-reactive ketones (excluding diaryl/α,β-unsaturated/α-hetero) is 1. The smallest absolute Gasteiger partial charge is 0.325 e. The largest absolute Gasteiger partial charge is 0.496 e. The molecule has 0 aliphatic carbocycles. The lowest BCUT2D eigenvalue weighted by molar-refractivity contribution is -0.130. The van der Waals surface area contributed by atoms with E-state index in [1.165, 1.54) is 62.6 Å². The van der Waals surface area contributed by atoms with Gasteiger partial charge in [-0.15, -0.1) is 0 Å². The fraction of sp³-hybridized carbons (Fsp3) is 0.160. The second kappa shape index (κ2) is 8.46. The summed E-state index contributed by atoms with van der Waals surface area (Å²) in [6.45, 7) is 1.24. The van der Waals surface area contributed by atoms with Crippen molar-refractivity contribution in [2.24, 2.45) is 0 Å². The quantitative estimate of drug-likeness (QED) is 0.452. The number of rotatable bonds is 6. The summed E-state index contributed by atoms with van der Waals surface area (Å²) in [5.74, 6) is -1.41. The van der Waals surface area contributed by atoms with E-state index in [4.69, 9.17) is 4.74 Å². The molecule has 0 spiro atoms. The Balaban J connectivity index is 1.81. The number of carbonyl (C=O) groups is 3. The lowest BCUT2D eigenvalue weighted by Gasteiger charge is -2.28. The third-order valence-electron chi connectivity index (χ3n) is 5.68. The number of benzene rings is 3. The Hall–Kier alpha value is -4.07. The first kappa shape index (κ1) is 22.1. The van der Waals surface area contributed by atoms with Gasteiger partial charge in [-0.1, -0.05) is 24.3 Å². The SMILES string of the molecule is COc1ccc(C(C)=O)cc1CN1C(=O)NC(c2ccc(F)cc2)(c2ccc(F)cc2)C1=O. The van der Waals surface area contributed by atoms with Crippen molar-refractivity contribution < 1.29 is 27.9 Å². The number of urea groups is 1. The fourth-order valence-corrected chi connectivity index (χ4v) is 3.97. The Morgan fingerprint density at radius 3 is 1.97 bits per heavy atom. The van der Waals surface area contributed by atoms with Crippen molar-refractivity contribution in [3.05, 3.63) is 101 Å². The van der Waals surface area contributed by atoms with Gasteiger partial charge in [0.1, 0.15) is 17.4 Å². The third kappa shape index (κ3) is 3.84. The number of nitrogens with one attached hydrogen (secondary N) is 1. The first-order valence-corrected chi connectivity index (χ1v) is 10.1. The molecule has 0 atom stereocenters. The van der Waals surface area contributed by atoms with E-state index < -0.39 is 29.1 Å². The van der Waals surface area contributed by atoms with Crippen molar-refractivity contribution in [2.45, 2.75) is 19.0 Å². The van der Waals surface area contributed by atoms with Crippen molar-refractivity contribution in [3.63, 3.8) is 0 Å². The number of nitrogens with zero attached hydrogens (tertiary/aromatic N) is 1. The van der Waals surface area contributed by atoms with Crippen LogP contribution in [0.15, 0.2) is 66.7 Å². The number of hydrogen-bond donors (Lipinski definition) is 1. The maximum Gasteiger partial charge on any atom is 0.325 e. The molecule has 1 saturated heterocycles. The highest BCUT2D eigenvalue weighted by molar-refractivity contribution is 6.09.